The first kappa shape index (κ1) is 10.3. The minimum Gasteiger partial charge on any atom is -0.0656 e. The van der Waals surface area contributed by atoms with Gasteiger partial charge in [-0.05, 0) is 29.9 Å². The molecule has 0 bridgehead atoms. The van der Waals surface area contributed by atoms with E-state index in [2.05, 4.69) is 45.0 Å². The monoisotopic (exact) mass is 176 g/mol. The molecule has 1 aromatic carbocycles. The Balaban J connectivity index is 0.000000251. The molecule has 0 nitrogen and oxygen atoms in total. The van der Waals surface area contributed by atoms with Crippen molar-refractivity contribution >= 4 is 0 Å². The molecule has 1 aliphatic carbocycles. The van der Waals surface area contributed by atoms with Crippen molar-refractivity contribution in [2.45, 2.75) is 46.0 Å². The molecule has 0 aliphatic heterocycles. The van der Waals surface area contributed by atoms with Gasteiger partial charge in [0.2, 0.25) is 0 Å². The van der Waals surface area contributed by atoms with Crippen LogP contribution >= 0.6 is 0 Å². The molecular weight excluding hydrogens is 156 g/mol. The van der Waals surface area contributed by atoms with Crippen LogP contribution in [0.4, 0.5) is 0 Å². The second kappa shape index (κ2) is 5.06. The maximum absolute atomic E-state index is 2.31. The fourth-order valence-electron chi connectivity index (χ4n) is 1.77. The molecule has 0 heteroatoms. The first-order valence-corrected chi connectivity index (χ1v) is 5.37. The predicted octanol–water partition coefficient (Wildman–Crippen LogP) is 4.15. The minimum atomic E-state index is 0.802. The van der Waals surface area contributed by atoms with Crippen LogP contribution in [-0.4, -0.2) is 0 Å². The molecular formula is C13H20. The summed E-state index contributed by atoms with van der Waals surface area (Å²) >= 11 is 0. The molecule has 0 fully saturated rings. The van der Waals surface area contributed by atoms with Gasteiger partial charge in [0, 0.05) is 0 Å². The van der Waals surface area contributed by atoms with Crippen molar-refractivity contribution in [3.05, 3.63) is 35.4 Å². The average molecular weight is 176 g/mol. The Morgan fingerprint density at radius 3 is 2.46 bits per heavy atom. The van der Waals surface area contributed by atoms with E-state index in [9.17, 15) is 0 Å². The molecule has 0 radical (unpaired) electrons. The second-order valence-electron chi connectivity index (χ2n) is 3.85. The zero-order valence-corrected chi connectivity index (χ0v) is 9.01. The van der Waals surface area contributed by atoms with E-state index in [4.69, 9.17) is 0 Å². The van der Waals surface area contributed by atoms with Crippen molar-refractivity contribution < 1.29 is 0 Å². The van der Waals surface area contributed by atoms with Crippen molar-refractivity contribution in [1.82, 2.24) is 0 Å². The van der Waals surface area contributed by atoms with E-state index in [0.29, 0.717) is 0 Å². The van der Waals surface area contributed by atoms with E-state index in [1.807, 2.05) is 0 Å². The zero-order chi connectivity index (χ0) is 9.68. The van der Waals surface area contributed by atoms with Gasteiger partial charge in [0.1, 0.15) is 0 Å². The third kappa shape index (κ3) is 2.58. The Labute approximate surface area is 82.0 Å². The van der Waals surface area contributed by atoms with Gasteiger partial charge in [-0.25, -0.2) is 0 Å². The smallest absolute Gasteiger partial charge is 0.0184 e. The van der Waals surface area contributed by atoms with Crippen LogP contribution in [0.2, 0.25) is 0 Å². The summed E-state index contributed by atoms with van der Waals surface area (Å²) in [6.07, 6.45) is 3.89. The molecule has 0 N–H and O–H groups in total. The minimum absolute atomic E-state index is 0.802. The van der Waals surface area contributed by atoms with Crippen LogP contribution in [0.1, 0.15) is 50.7 Å². The summed E-state index contributed by atoms with van der Waals surface area (Å²) in [5.74, 6) is 0.802. The number of benzene rings is 1. The Morgan fingerprint density at radius 1 is 1.23 bits per heavy atom. The van der Waals surface area contributed by atoms with Gasteiger partial charge in [0.25, 0.3) is 0 Å². The molecule has 2 rings (SSSR count). The van der Waals surface area contributed by atoms with Gasteiger partial charge in [0.15, 0.2) is 0 Å². The summed E-state index contributed by atoms with van der Waals surface area (Å²) in [6, 6.07) is 8.78. The molecule has 72 valence electrons. The number of fused-ring (bicyclic) bond motifs is 1. The number of aryl methyl sites for hydroxylation is 1. The van der Waals surface area contributed by atoms with E-state index in [1.54, 1.807) is 11.1 Å². The number of rotatable bonds is 0. The highest BCUT2D eigenvalue weighted by molar-refractivity contribution is 5.33. The zero-order valence-electron chi connectivity index (χ0n) is 9.01. The maximum Gasteiger partial charge on any atom is -0.0184 e. The van der Waals surface area contributed by atoms with Crippen LogP contribution in [0.5, 0.6) is 0 Å². The summed E-state index contributed by atoms with van der Waals surface area (Å²) in [5.41, 5.74) is 3.14. The lowest BCUT2D eigenvalue weighted by molar-refractivity contribution is 0.747. The summed E-state index contributed by atoms with van der Waals surface area (Å²) < 4.78 is 0. The van der Waals surface area contributed by atoms with Crippen molar-refractivity contribution in [2.75, 3.05) is 0 Å². The van der Waals surface area contributed by atoms with E-state index >= 15 is 0 Å². The Bertz CT molecular complexity index is 250. The highest BCUT2D eigenvalue weighted by Gasteiger charge is 2.16. The standard InChI is InChI=1S/C10H12.C3H8/c1-8-6-7-9-4-2-3-5-10(8)9;1-3-2/h2-5,8H,6-7H2,1H3;3H2,1-2H3. The van der Waals surface area contributed by atoms with Crippen LogP contribution in [-0.2, 0) is 6.42 Å². The summed E-state index contributed by atoms with van der Waals surface area (Å²) in [4.78, 5) is 0. The summed E-state index contributed by atoms with van der Waals surface area (Å²) in [7, 11) is 0. The molecule has 1 unspecified atom stereocenters. The van der Waals surface area contributed by atoms with E-state index in [-0.39, 0.29) is 0 Å². The lowest BCUT2D eigenvalue weighted by Crippen LogP contribution is -1.83. The Kier molecular flexibility index (Phi) is 4.01. The Morgan fingerprint density at radius 2 is 1.85 bits per heavy atom. The normalized spacial score (nSPS) is 18.8. The van der Waals surface area contributed by atoms with Crippen LogP contribution in [0, 0.1) is 0 Å². The lowest BCUT2D eigenvalue weighted by Gasteiger charge is -2.01. The topological polar surface area (TPSA) is 0 Å². The van der Waals surface area contributed by atoms with E-state index < -0.39 is 0 Å². The third-order valence-corrected chi connectivity index (χ3v) is 2.43. The molecule has 0 saturated carbocycles. The molecule has 0 spiro atoms. The quantitative estimate of drug-likeness (QED) is 0.557. The molecule has 0 saturated heterocycles. The van der Waals surface area contributed by atoms with E-state index in [1.165, 1.54) is 19.3 Å². The fraction of sp³-hybridized carbons (Fsp3) is 0.538. The van der Waals surface area contributed by atoms with Crippen LogP contribution in [0.15, 0.2) is 24.3 Å². The molecule has 1 aromatic rings. The average Bonchev–Trinajstić information content (AvgIpc) is 2.50. The van der Waals surface area contributed by atoms with Crippen molar-refractivity contribution in [3.8, 4) is 0 Å². The van der Waals surface area contributed by atoms with Crippen molar-refractivity contribution in [3.63, 3.8) is 0 Å². The van der Waals surface area contributed by atoms with Crippen LogP contribution in [0.3, 0.4) is 0 Å². The van der Waals surface area contributed by atoms with Gasteiger partial charge in [-0.1, -0.05) is 51.5 Å². The molecule has 0 aromatic heterocycles. The maximum atomic E-state index is 2.31. The van der Waals surface area contributed by atoms with Crippen LogP contribution in [0.25, 0.3) is 0 Å². The van der Waals surface area contributed by atoms with Gasteiger partial charge in [-0.3, -0.25) is 0 Å². The summed E-state index contributed by atoms with van der Waals surface area (Å²) in [6.45, 7) is 6.56. The second-order valence-corrected chi connectivity index (χ2v) is 3.85. The molecule has 1 aliphatic rings. The number of hydrogen-bond acceptors (Lipinski definition) is 0. The van der Waals surface area contributed by atoms with E-state index in [0.717, 1.165) is 5.92 Å². The predicted molar refractivity (Wildman–Crippen MR) is 59.1 cm³/mol. The molecule has 0 heterocycles. The van der Waals surface area contributed by atoms with Gasteiger partial charge in [-0.2, -0.15) is 0 Å². The third-order valence-electron chi connectivity index (χ3n) is 2.43. The van der Waals surface area contributed by atoms with Crippen molar-refractivity contribution in [2.24, 2.45) is 0 Å². The van der Waals surface area contributed by atoms with Crippen molar-refractivity contribution in [1.29, 1.82) is 0 Å². The fourth-order valence-corrected chi connectivity index (χ4v) is 1.77. The SMILES string of the molecule is CC1CCc2ccccc21.CCC. The highest BCUT2D eigenvalue weighted by Crippen LogP contribution is 2.31. The number of hydrogen-bond donors (Lipinski definition) is 0. The first-order valence-electron chi connectivity index (χ1n) is 5.37. The Hall–Kier alpha value is -0.780. The molecule has 1 atom stereocenters. The largest absolute Gasteiger partial charge is 0.0656 e. The summed E-state index contributed by atoms with van der Waals surface area (Å²) in [5, 5.41) is 0. The lowest BCUT2D eigenvalue weighted by atomic mass is 10.0. The van der Waals surface area contributed by atoms with Gasteiger partial charge >= 0.3 is 0 Å². The first-order chi connectivity index (χ1) is 6.29. The molecule has 0 amide bonds. The molecule has 13 heavy (non-hydrogen) atoms. The van der Waals surface area contributed by atoms with Gasteiger partial charge < -0.3 is 0 Å². The van der Waals surface area contributed by atoms with Crippen LogP contribution < -0.4 is 0 Å². The van der Waals surface area contributed by atoms with Gasteiger partial charge in [0.05, 0.1) is 0 Å². The highest BCUT2D eigenvalue weighted by atomic mass is 14.2. The van der Waals surface area contributed by atoms with Gasteiger partial charge in [-0.15, -0.1) is 0 Å².